The first kappa shape index (κ1) is 13.6. The van der Waals surface area contributed by atoms with E-state index < -0.39 is 0 Å². The largest absolute Gasteiger partial charge is 0.462 e. The lowest BCUT2D eigenvalue weighted by atomic mass is 9.92. The van der Waals surface area contributed by atoms with Crippen molar-refractivity contribution in [2.75, 3.05) is 13.2 Å². The molecule has 3 rings (SSSR count). The van der Waals surface area contributed by atoms with E-state index in [4.69, 9.17) is 14.2 Å². The van der Waals surface area contributed by atoms with E-state index in [0.29, 0.717) is 24.4 Å². The predicted octanol–water partition coefficient (Wildman–Crippen LogP) is 1.61. The lowest BCUT2D eigenvalue weighted by Gasteiger charge is -2.15. The van der Waals surface area contributed by atoms with Crippen LogP contribution in [0.1, 0.15) is 33.1 Å². The van der Waals surface area contributed by atoms with E-state index in [2.05, 4.69) is 0 Å². The number of carbonyl (C=O) groups is 2. The van der Waals surface area contributed by atoms with E-state index in [-0.39, 0.29) is 36.0 Å². The zero-order valence-corrected chi connectivity index (χ0v) is 11.9. The van der Waals surface area contributed by atoms with Gasteiger partial charge in [-0.15, -0.1) is 0 Å². The molecule has 0 unspecified atom stereocenters. The molecule has 0 aromatic rings. The van der Waals surface area contributed by atoms with E-state index in [9.17, 15) is 9.59 Å². The molecular weight excluding hydrogens is 260 g/mol. The average Bonchev–Trinajstić information content (AvgIpc) is 3.07. The monoisotopic (exact) mass is 280 g/mol. The Morgan fingerprint density at radius 3 is 1.85 bits per heavy atom. The summed E-state index contributed by atoms with van der Waals surface area (Å²) < 4.78 is 16.0. The number of carbonyl (C=O) groups excluding carboxylic acids is 2. The Morgan fingerprint density at radius 1 is 1.00 bits per heavy atom. The van der Waals surface area contributed by atoms with Gasteiger partial charge >= 0.3 is 11.9 Å². The summed E-state index contributed by atoms with van der Waals surface area (Å²) in [6, 6.07) is 0. The number of fused-ring (bicyclic) bond motifs is 5. The minimum Gasteiger partial charge on any atom is -0.462 e. The predicted molar refractivity (Wildman–Crippen MR) is 69.8 cm³/mol. The zero-order chi connectivity index (χ0) is 14.3. The molecule has 0 spiro atoms. The fourth-order valence-electron chi connectivity index (χ4n) is 3.36. The van der Waals surface area contributed by atoms with Gasteiger partial charge < -0.3 is 14.2 Å². The molecule has 4 atom stereocenters. The zero-order valence-electron chi connectivity index (χ0n) is 11.9. The summed E-state index contributed by atoms with van der Waals surface area (Å²) in [6.45, 7) is 4.65. The van der Waals surface area contributed by atoms with Crippen LogP contribution in [0.15, 0.2) is 11.1 Å². The molecule has 110 valence electrons. The molecule has 20 heavy (non-hydrogen) atoms. The van der Waals surface area contributed by atoms with Crippen molar-refractivity contribution in [1.82, 2.24) is 0 Å². The molecule has 0 N–H and O–H groups in total. The number of hydrogen-bond acceptors (Lipinski definition) is 5. The topological polar surface area (TPSA) is 65.1 Å². The van der Waals surface area contributed by atoms with Crippen molar-refractivity contribution >= 4 is 11.9 Å². The van der Waals surface area contributed by atoms with Gasteiger partial charge in [0.15, 0.2) is 0 Å². The van der Waals surface area contributed by atoms with Crippen molar-refractivity contribution in [2.45, 2.75) is 45.3 Å². The highest BCUT2D eigenvalue weighted by atomic mass is 16.6. The van der Waals surface area contributed by atoms with Crippen molar-refractivity contribution in [3.8, 4) is 0 Å². The second-order valence-corrected chi connectivity index (χ2v) is 5.61. The minimum atomic E-state index is -0.364. The maximum absolute atomic E-state index is 12.2. The average molecular weight is 280 g/mol. The Bertz CT molecular complexity index is 427. The summed E-state index contributed by atoms with van der Waals surface area (Å²) in [5, 5.41) is 0. The molecule has 2 fully saturated rings. The van der Waals surface area contributed by atoms with E-state index >= 15 is 0 Å². The van der Waals surface area contributed by atoms with Crippen molar-refractivity contribution in [3.05, 3.63) is 11.1 Å². The Hall–Kier alpha value is -1.36. The Kier molecular flexibility index (Phi) is 3.54. The van der Waals surface area contributed by atoms with E-state index in [0.717, 1.165) is 19.3 Å². The standard InChI is InChI=1S/C15H20O5/c1-3-5-18-14(16)10-8-7-9(13-12(8)20-13)11(10)15(17)19-6-4-2/h8-9,12-13H,3-7H2,1-2H3/t8-,9+,12-,13+. The van der Waals surface area contributed by atoms with Crippen LogP contribution in [0.2, 0.25) is 0 Å². The van der Waals surface area contributed by atoms with E-state index in [1.807, 2.05) is 13.8 Å². The van der Waals surface area contributed by atoms with Crippen LogP contribution in [-0.4, -0.2) is 37.4 Å². The number of ether oxygens (including phenoxy) is 3. The summed E-state index contributed by atoms with van der Waals surface area (Å²) in [5.41, 5.74) is 1.03. The van der Waals surface area contributed by atoms with Gasteiger partial charge in [-0.05, 0) is 19.3 Å². The first-order chi connectivity index (χ1) is 9.69. The Labute approximate surface area is 118 Å². The van der Waals surface area contributed by atoms with Crippen molar-refractivity contribution < 1.29 is 23.8 Å². The highest BCUT2D eigenvalue weighted by Gasteiger charge is 2.65. The van der Waals surface area contributed by atoms with E-state index in [1.54, 1.807) is 0 Å². The van der Waals surface area contributed by atoms with Gasteiger partial charge in [0, 0.05) is 11.8 Å². The van der Waals surface area contributed by atoms with Gasteiger partial charge in [-0.3, -0.25) is 0 Å². The van der Waals surface area contributed by atoms with Crippen molar-refractivity contribution in [1.29, 1.82) is 0 Å². The van der Waals surface area contributed by atoms with Gasteiger partial charge in [-0.25, -0.2) is 9.59 Å². The second-order valence-electron chi connectivity index (χ2n) is 5.61. The van der Waals surface area contributed by atoms with Crippen LogP contribution < -0.4 is 0 Å². The van der Waals surface area contributed by atoms with Gasteiger partial charge in [-0.1, -0.05) is 13.8 Å². The lowest BCUT2D eigenvalue weighted by molar-refractivity contribution is -0.142. The Balaban J connectivity index is 1.82. The molecule has 0 amide bonds. The summed E-state index contributed by atoms with van der Waals surface area (Å²) >= 11 is 0. The Morgan fingerprint density at radius 2 is 1.45 bits per heavy atom. The van der Waals surface area contributed by atoms with Gasteiger partial charge in [0.2, 0.25) is 0 Å². The third-order valence-electron chi connectivity index (χ3n) is 4.21. The number of epoxide rings is 1. The van der Waals surface area contributed by atoms with Crippen LogP contribution in [-0.2, 0) is 23.8 Å². The molecule has 1 saturated carbocycles. The fourth-order valence-corrected chi connectivity index (χ4v) is 3.36. The van der Waals surface area contributed by atoms with Gasteiger partial charge in [0.05, 0.1) is 36.6 Å². The molecule has 2 aliphatic carbocycles. The molecule has 2 bridgehead atoms. The molecule has 0 aromatic heterocycles. The highest BCUT2D eigenvalue weighted by Crippen LogP contribution is 2.59. The summed E-state index contributed by atoms with van der Waals surface area (Å²) in [6.07, 6.45) is 2.60. The van der Waals surface area contributed by atoms with E-state index in [1.165, 1.54) is 0 Å². The third-order valence-corrected chi connectivity index (χ3v) is 4.21. The molecule has 3 aliphatic rings. The quantitative estimate of drug-likeness (QED) is 0.546. The highest BCUT2D eigenvalue weighted by molar-refractivity contribution is 6.03. The maximum atomic E-state index is 12.2. The fraction of sp³-hybridized carbons (Fsp3) is 0.733. The molecule has 0 radical (unpaired) electrons. The third kappa shape index (κ3) is 2.04. The first-order valence-corrected chi connectivity index (χ1v) is 7.42. The van der Waals surface area contributed by atoms with Gasteiger partial charge in [0.25, 0.3) is 0 Å². The minimum absolute atomic E-state index is 0.0264. The number of rotatable bonds is 6. The van der Waals surface area contributed by atoms with Crippen LogP contribution in [0.5, 0.6) is 0 Å². The molecule has 1 heterocycles. The molecule has 5 nitrogen and oxygen atoms in total. The van der Waals surface area contributed by atoms with Crippen LogP contribution >= 0.6 is 0 Å². The maximum Gasteiger partial charge on any atom is 0.334 e. The molecule has 1 aliphatic heterocycles. The summed E-state index contributed by atoms with van der Waals surface area (Å²) in [5.74, 6) is -0.675. The smallest absolute Gasteiger partial charge is 0.334 e. The van der Waals surface area contributed by atoms with Gasteiger partial charge in [0.1, 0.15) is 0 Å². The summed E-state index contributed by atoms with van der Waals surface area (Å²) in [7, 11) is 0. The van der Waals surface area contributed by atoms with Gasteiger partial charge in [-0.2, -0.15) is 0 Å². The molecule has 5 heteroatoms. The first-order valence-electron chi connectivity index (χ1n) is 7.42. The second kappa shape index (κ2) is 5.20. The van der Waals surface area contributed by atoms with Crippen molar-refractivity contribution in [2.24, 2.45) is 11.8 Å². The molecule has 1 saturated heterocycles. The van der Waals surface area contributed by atoms with Crippen LogP contribution in [0.4, 0.5) is 0 Å². The van der Waals surface area contributed by atoms with Crippen molar-refractivity contribution in [3.63, 3.8) is 0 Å². The normalized spacial score (nSPS) is 33.1. The lowest BCUT2D eigenvalue weighted by Crippen LogP contribution is -2.25. The summed E-state index contributed by atoms with van der Waals surface area (Å²) in [4.78, 5) is 24.4. The van der Waals surface area contributed by atoms with Crippen LogP contribution in [0.25, 0.3) is 0 Å². The SMILES string of the molecule is CCCOC(=O)C1=C(C(=O)OCCC)[C@@H]2C[C@H]1[C@H]1O[C@H]12. The van der Waals surface area contributed by atoms with Crippen LogP contribution in [0, 0.1) is 11.8 Å². The number of esters is 2. The van der Waals surface area contributed by atoms with Crippen LogP contribution in [0.3, 0.4) is 0 Å². The molecule has 0 aromatic carbocycles. The number of hydrogen-bond donors (Lipinski definition) is 0. The molecular formula is C15H20O5.